The summed E-state index contributed by atoms with van der Waals surface area (Å²) >= 11 is 6.22. The molecule has 5 heteroatoms. The fourth-order valence-electron chi connectivity index (χ4n) is 1.91. The first-order chi connectivity index (χ1) is 10.6. The van der Waals surface area contributed by atoms with Gasteiger partial charge in [0, 0.05) is 0 Å². The summed E-state index contributed by atoms with van der Waals surface area (Å²) in [7, 11) is 1.58. The minimum absolute atomic E-state index is 0.498. The average molecular weight is 319 g/mol. The molecular weight excluding hydrogens is 300 g/mol. The number of rotatable bonds is 6. The van der Waals surface area contributed by atoms with Crippen molar-refractivity contribution in [3.05, 3.63) is 52.5 Å². The van der Waals surface area contributed by atoms with Crippen molar-refractivity contribution >= 4 is 23.5 Å². The first-order valence-electron chi connectivity index (χ1n) is 7.00. The molecule has 0 aromatic heterocycles. The molecule has 1 N–H and O–H groups in total. The van der Waals surface area contributed by atoms with E-state index in [4.69, 9.17) is 21.1 Å². The van der Waals surface area contributed by atoms with Crippen LogP contribution in [0.4, 0.5) is 5.69 Å². The highest BCUT2D eigenvalue weighted by Gasteiger charge is 2.10. The van der Waals surface area contributed by atoms with Crippen LogP contribution < -0.4 is 14.9 Å². The Morgan fingerprint density at radius 2 is 1.95 bits per heavy atom. The second kappa shape index (κ2) is 7.71. The molecule has 2 aromatic carbocycles. The second-order valence-corrected chi connectivity index (χ2v) is 5.11. The predicted octanol–water partition coefficient (Wildman–Crippen LogP) is 4.50. The lowest BCUT2D eigenvalue weighted by Crippen LogP contribution is -1.98. The molecule has 0 spiro atoms. The Kier molecular flexibility index (Phi) is 5.67. The molecule has 0 atom stereocenters. The quantitative estimate of drug-likeness (QED) is 0.630. The number of nitrogens with zero attached hydrogens (tertiary/aromatic N) is 1. The number of hydrazone groups is 1. The maximum Gasteiger partial charge on any atom is 0.179 e. The van der Waals surface area contributed by atoms with Gasteiger partial charge in [0.25, 0.3) is 0 Å². The lowest BCUT2D eigenvalue weighted by Gasteiger charge is -2.11. The highest BCUT2D eigenvalue weighted by Crippen LogP contribution is 2.35. The van der Waals surface area contributed by atoms with E-state index >= 15 is 0 Å². The summed E-state index contributed by atoms with van der Waals surface area (Å²) in [6.07, 6.45) is 1.68. The lowest BCUT2D eigenvalue weighted by molar-refractivity contribution is 0.311. The summed E-state index contributed by atoms with van der Waals surface area (Å²) in [4.78, 5) is 0. The Bertz CT molecular complexity index is 654. The van der Waals surface area contributed by atoms with Gasteiger partial charge in [0.1, 0.15) is 0 Å². The lowest BCUT2D eigenvalue weighted by atomic mass is 10.2. The normalized spacial score (nSPS) is 10.7. The number of halogens is 1. The predicted molar refractivity (Wildman–Crippen MR) is 91.6 cm³/mol. The number of benzene rings is 2. The van der Waals surface area contributed by atoms with Crippen LogP contribution in [-0.2, 0) is 0 Å². The zero-order chi connectivity index (χ0) is 15.9. The number of ether oxygens (including phenoxy) is 2. The number of methoxy groups -OCH3 is 1. The zero-order valence-electron chi connectivity index (χ0n) is 12.9. The smallest absolute Gasteiger partial charge is 0.179 e. The van der Waals surface area contributed by atoms with Crippen LogP contribution in [0.1, 0.15) is 18.1 Å². The third-order valence-corrected chi connectivity index (χ3v) is 3.28. The molecule has 0 saturated heterocycles. The number of aryl methyl sites for hydroxylation is 1. The van der Waals surface area contributed by atoms with Crippen molar-refractivity contribution < 1.29 is 9.47 Å². The fraction of sp³-hybridized carbons (Fsp3) is 0.235. The average Bonchev–Trinajstić information content (AvgIpc) is 2.51. The van der Waals surface area contributed by atoms with Gasteiger partial charge in [-0.25, -0.2) is 0 Å². The Labute approximate surface area is 135 Å². The first-order valence-corrected chi connectivity index (χ1v) is 7.38. The number of hydrogen-bond acceptors (Lipinski definition) is 4. The molecule has 0 fully saturated rings. The maximum atomic E-state index is 6.22. The molecule has 22 heavy (non-hydrogen) atoms. The molecule has 0 aliphatic rings. The van der Waals surface area contributed by atoms with Crippen LogP contribution in [0.5, 0.6) is 11.5 Å². The van der Waals surface area contributed by atoms with E-state index in [-0.39, 0.29) is 0 Å². The number of hydrogen-bond donors (Lipinski definition) is 1. The third-order valence-electron chi connectivity index (χ3n) is 3.00. The SMILES string of the molecule is CCOc1c(Cl)cc(/C=N\Nc2ccc(C)cc2)cc1OC. The van der Waals surface area contributed by atoms with E-state index in [1.54, 1.807) is 19.4 Å². The van der Waals surface area contributed by atoms with Crippen molar-refractivity contribution in [2.24, 2.45) is 5.10 Å². The molecule has 2 aromatic rings. The van der Waals surface area contributed by atoms with Gasteiger partial charge in [-0.15, -0.1) is 0 Å². The molecule has 0 radical (unpaired) electrons. The van der Waals surface area contributed by atoms with Crippen molar-refractivity contribution in [3.63, 3.8) is 0 Å². The van der Waals surface area contributed by atoms with E-state index in [9.17, 15) is 0 Å². The van der Waals surface area contributed by atoms with Crippen molar-refractivity contribution in [1.82, 2.24) is 0 Å². The van der Waals surface area contributed by atoms with E-state index < -0.39 is 0 Å². The Morgan fingerprint density at radius 3 is 2.59 bits per heavy atom. The molecule has 0 amide bonds. The Balaban J connectivity index is 2.13. The number of nitrogens with one attached hydrogen (secondary N) is 1. The molecular formula is C17H19ClN2O2. The highest BCUT2D eigenvalue weighted by molar-refractivity contribution is 6.32. The van der Waals surface area contributed by atoms with Gasteiger partial charge in [-0.2, -0.15) is 5.10 Å². The third kappa shape index (κ3) is 4.15. The van der Waals surface area contributed by atoms with Crippen molar-refractivity contribution in [1.29, 1.82) is 0 Å². The molecule has 0 heterocycles. The standard InChI is InChI=1S/C17H19ClN2O2/c1-4-22-17-15(18)9-13(10-16(17)21-3)11-19-20-14-7-5-12(2)6-8-14/h5-11,20H,4H2,1-3H3/b19-11-. The molecule has 2 rings (SSSR count). The Morgan fingerprint density at radius 1 is 1.23 bits per heavy atom. The molecule has 0 saturated carbocycles. The van der Waals surface area contributed by atoms with Crippen LogP contribution in [0, 0.1) is 6.92 Å². The van der Waals surface area contributed by atoms with Crippen LogP contribution in [0.2, 0.25) is 5.02 Å². The molecule has 116 valence electrons. The zero-order valence-corrected chi connectivity index (χ0v) is 13.6. The molecule has 0 aliphatic carbocycles. The molecule has 0 unspecified atom stereocenters. The van der Waals surface area contributed by atoms with Gasteiger partial charge >= 0.3 is 0 Å². The van der Waals surface area contributed by atoms with Crippen molar-refractivity contribution in [3.8, 4) is 11.5 Å². The van der Waals surface area contributed by atoms with Gasteiger partial charge in [0.2, 0.25) is 0 Å². The summed E-state index contributed by atoms with van der Waals surface area (Å²) in [5.41, 5.74) is 5.92. The van der Waals surface area contributed by atoms with Crippen LogP contribution in [0.25, 0.3) is 0 Å². The van der Waals surface area contributed by atoms with Gasteiger partial charge in [0.05, 0.1) is 30.6 Å². The molecule has 0 bridgehead atoms. The van der Waals surface area contributed by atoms with Gasteiger partial charge in [-0.05, 0) is 43.7 Å². The minimum Gasteiger partial charge on any atom is -0.493 e. The molecule has 0 aliphatic heterocycles. The van der Waals surface area contributed by atoms with E-state index in [2.05, 4.69) is 10.5 Å². The van der Waals surface area contributed by atoms with Gasteiger partial charge in [-0.1, -0.05) is 29.3 Å². The summed E-state index contributed by atoms with van der Waals surface area (Å²) in [6.45, 7) is 4.47. The summed E-state index contributed by atoms with van der Waals surface area (Å²) in [5, 5.41) is 4.70. The topological polar surface area (TPSA) is 42.8 Å². The maximum absolute atomic E-state index is 6.22. The van der Waals surface area contributed by atoms with Gasteiger partial charge < -0.3 is 9.47 Å². The fourth-order valence-corrected chi connectivity index (χ4v) is 2.18. The second-order valence-electron chi connectivity index (χ2n) is 4.70. The van der Waals surface area contributed by atoms with Crippen LogP contribution in [-0.4, -0.2) is 19.9 Å². The Hall–Kier alpha value is -2.20. The van der Waals surface area contributed by atoms with E-state index in [0.29, 0.717) is 23.1 Å². The number of anilines is 1. The van der Waals surface area contributed by atoms with Crippen molar-refractivity contribution in [2.45, 2.75) is 13.8 Å². The largest absolute Gasteiger partial charge is 0.493 e. The van der Waals surface area contributed by atoms with Gasteiger partial charge in [0.15, 0.2) is 11.5 Å². The van der Waals surface area contributed by atoms with E-state index in [1.807, 2.05) is 44.2 Å². The molecule has 4 nitrogen and oxygen atoms in total. The van der Waals surface area contributed by atoms with Crippen LogP contribution in [0.15, 0.2) is 41.5 Å². The summed E-state index contributed by atoms with van der Waals surface area (Å²) in [6, 6.07) is 11.6. The summed E-state index contributed by atoms with van der Waals surface area (Å²) < 4.78 is 10.8. The highest BCUT2D eigenvalue weighted by atomic mass is 35.5. The monoisotopic (exact) mass is 318 g/mol. The van der Waals surface area contributed by atoms with Crippen LogP contribution in [0.3, 0.4) is 0 Å². The van der Waals surface area contributed by atoms with Crippen LogP contribution >= 0.6 is 11.6 Å². The summed E-state index contributed by atoms with van der Waals surface area (Å²) in [5.74, 6) is 1.14. The van der Waals surface area contributed by atoms with Gasteiger partial charge in [-0.3, -0.25) is 5.43 Å². The van der Waals surface area contributed by atoms with E-state index in [1.165, 1.54) is 5.56 Å². The van der Waals surface area contributed by atoms with E-state index in [0.717, 1.165) is 11.3 Å². The van der Waals surface area contributed by atoms with Crippen molar-refractivity contribution in [2.75, 3.05) is 19.1 Å². The first kappa shape index (κ1) is 16.2. The minimum atomic E-state index is 0.498.